The summed E-state index contributed by atoms with van der Waals surface area (Å²) in [6, 6.07) is 8.61. The van der Waals surface area contributed by atoms with E-state index in [2.05, 4.69) is 23.1 Å². The van der Waals surface area contributed by atoms with Gasteiger partial charge in [-0.2, -0.15) is 0 Å². The van der Waals surface area contributed by atoms with Gasteiger partial charge in [0.2, 0.25) is 5.91 Å². The van der Waals surface area contributed by atoms with Crippen LogP contribution in [0.15, 0.2) is 24.3 Å². The average Bonchev–Trinajstić information content (AvgIpc) is 3.06. The molecule has 2 heterocycles. The Labute approximate surface area is 144 Å². The van der Waals surface area contributed by atoms with Crippen molar-refractivity contribution in [2.24, 2.45) is 5.92 Å². The topological polar surface area (TPSA) is 43.8 Å². The number of amides is 1. The Morgan fingerprint density at radius 2 is 1.75 bits per heavy atom. The number of likely N-dealkylation sites (tertiary alicyclic amines) is 1. The molecule has 1 aromatic rings. The van der Waals surface area contributed by atoms with Gasteiger partial charge in [0, 0.05) is 24.2 Å². The Bertz CT molecular complexity index is 595. The SMILES string of the molecule is O=C(C1CCN(C2CCCCC2O)CC1)N1CCc2ccccc21. The highest BCUT2D eigenvalue weighted by Gasteiger charge is 2.36. The molecule has 1 amide bonds. The molecule has 0 radical (unpaired) electrons. The second kappa shape index (κ2) is 6.85. The summed E-state index contributed by atoms with van der Waals surface area (Å²) in [4.78, 5) is 17.4. The zero-order valence-electron chi connectivity index (χ0n) is 14.4. The van der Waals surface area contributed by atoms with Gasteiger partial charge in [0.1, 0.15) is 0 Å². The summed E-state index contributed by atoms with van der Waals surface area (Å²) in [6.07, 6.45) is 7.10. The highest BCUT2D eigenvalue weighted by atomic mass is 16.3. The number of carbonyl (C=O) groups is 1. The zero-order valence-corrected chi connectivity index (χ0v) is 14.4. The summed E-state index contributed by atoms with van der Waals surface area (Å²) in [7, 11) is 0. The Kier molecular flexibility index (Phi) is 4.59. The van der Waals surface area contributed by atoms with Crippen molar-refractivity contribution in [2.45, 2.75) is 57.1 Å². The van der Waals surface area contributed by atoms with Gasteiger partial charge in [0.15, 0.2) is 0 Å². The lowest BCUT2D eigenvalue weighted by molar-refractivity contribution is -0.124. The van der Waals surface area contributed by atoms with Gasteiger partial charge in [0.25, 0.3) is 0 Å². The fourth-order valence-corrected chi connectivity index (χ4v) is 4.78. The van der Waals surface area contributed by atoms with E-state index in [-0.39, 0.29) is 12.0 Å². The lowest BCUT2D eigenvalue weighted by Gasteiger charge is -2.41. The maximum absolute atomic E-state index is 13.0. The van der Waals surface area contributed by atoms with Crippen molar-refractivity contribution in [1.82, 2.24) is 4.90 Å². The molecular weight excluding hydrogens is 300 g/mol. The van der Waals surface area contributed by atoms with Crippen LogP contribution in [0.3, 0.4) is 0 Å². The number of piperidine rings is 1. The molecule has 2 aliphatic heterocycles. The average molecular weight is 328 g/mol. The number of para-hydroxylation sites is 1. The predicted molar refractivity (Wildman–Crippen MR) is 95.1 cm³/mol. The summed E-state index contributed by atoms with van der Waals surface area (Å²) >= 11 is 0. The quantitative estimate of drug-likeness (QED) is 0.907. The molecule has 24 heavy (non-hydrogen) atoms. The number of fused-ring (bicyclic) bond motifs is 1. The van der Waals surface area contributed by atoms with Crippen LogP contribution in [0.2, 0.25) is 0 Å². The van der Waals surface area contributed by atoms with Crippen LogP contribution >= 0.6 is 0 Å². The Morgan fingerprint density at radius 3 is 2.54 bits per heavy atom. The first-order valence-electron chi connectivity index (χ1n) is 9.55. The third-order valence-electron chi connectivity index (χ3n) is 6.19. The van der Waals surface area contributed by atoms with E-state index in [0.717, 1.165) is 63.8 Å². The Hall–Kier alpha value is -1.39. The van der Waals surface area contributed by atoms with Crippen LogP contribution in [-0.2, 0) is 11.2 Å². The highest BCUT2D eigenvalue weighted by molar-refractivity contribution is 5.97. The first-order chi connectivity index (χ1) is 11.7. The summed E-state index contributed by atoms with van der Waals surface area (Å²) in [5.74, 6) is 0.455. The third-order valence-corrected chi connectivity index (χ3v) is 6.19. The van der Waals surface area contributed by atoms with E-state index in [1.165, 1.54) is 12.0 Å². The Balaban J connectivity index is 1.37. The van der Waals surface area contributed by atoms with Gasteiger partial charge < -0.3 is 10.0 Å². The van der Waals surface area contributed by atoms with Crippen molar-refractivity contribution in [1.29, 1.82) is 0 Å². The summed E-state index contributed by atoms with van der Waals surface area (Å²) in [5.41, 5.74) is 2.42. The van der Waals surface area contributed by atoms with Crippen molar-refractivity contribution >= 4 is 11.6 Å². The standard InChI is InChI=1S/C20H28N2O2/c23-19-8-4-3-7-18(19)21-12-9-16(10-13-21)20(24)22-14-11-15-5-1-2-6-17(15)22/h1-2,5-6,16,18-19,23H,3-4,7-14H2. The second-order valence-corrected chi connectivity index (χ2v) is 7.60. The van der Waals surface area contributed by atoms with E-state index in [0.29, 0.717) is 11.9 Å². The monoisotopic (exact) mass is 328 g/mol. The minimum atomic E-state index is -0.170. The molecule has 4 heteroatoms. The zero-order chi connectivity index (χ0) is 16.5. The van der Waals surface area contributed by atoms with Crippen LogP contribution in [0, 0.1) is 5.92 Å². The highest BCUT2D eigenvalue weighted by Crippen LogP contribution is 2.32. The van der Waals surface area contributed by atoms with Crippen molar-refractivity contribution in [3.8, 4) is 0 Å². The van der Waals surface area contributed by atoms with E-state index >= 15 is 0 Å². The molecule has 3 aliphatic rings. The number of nitrogens with zero attached hydrogens (tertiary/aromatic N) is 2. The lowest BCUT2D eigenvalue weighted by atomic mass is 9.88. The van der Waals surface area contributed by atoms with E-state index in [1.807, 2.05) is 11.0 Å². The third kappa shape index (κ3) is 2.98. The van der Waals surface area contributed by atoms with Crippen LogP contribution < -0.4 is 4.90 Å². The van der Waals surface area contributed by atoms with Crippen LogP contribution in [0.4, 0.5) is 5.69 Å². The fraction of sp³-hybridized carbons (Fsp3) is 0.650. The summed E-state index contributed by atoms with van der Waals surface area (Å²) < 4.78 is 0. The molecule has 0 spiro atoms. The van der Waals surface area contributed by atoms with Gasteiger partial charge in [-0.1, -0.05) is 31.0 Å². The summed E-state index contributed by atoms with van der Waals surface area (Å²) in [5, 5.41) is 10.3. The van der Waals surface area contributed by atoms with Crippen LogP contribution in [0.5, 0.6) is 0 Å². The van der Waals surface area contributed by atoms with Crippen molar-refractivity contribution in [2.75, 3.05) is 24.5 Å². The number of aliphatic hydroxyl groups excluding tert-OH is 1. The molecule has 1 aromatic carbocycles. The lowest BCUT2D eigenvalue weighted by Crippen LogP contribution is -2.50. The van der Waals surface area contributed by atoms with Gasteiger partial charge in [-0.3, -0.25) is 9.69 Å². The van der Waals surface area contributed by atoms with Gasteiger partial charge in [0.05, 0.1) is 6.10 Å². The number of carbonyl (C=O) groups excluding carboxylic acids is 1. The molecule has 2 unspecified atom stereocenters. The molecule has 2 fully saturated rings. The van der Waals surface area contributed by atoms with Crippen molar-refractivity contribution in [3.63, 3.8) is 0 Å². The van der Waals surface area contributed by atoms with E-state index in [1.54, 1.807) is 0 Å². The van der Waals surface area contributed by atoms with Crippen LogP contribution in [0.1, 0.15) is 44.1 Å². The van der Waals surface area contributed by atoms with Crippen LogP contribution in [-0.4, -0.2) is 47.7 Å². The largest absolute Gasteiger partial charge is 0.391 e. The van der Waals surface area contributed by atoms with Gasteiger partial charge in [-0.25, -0.2) is 0 Å². The van der Waals surface area contributed by atoms with E-state index in [4.69, 9.17) is 0 Å². The van der Waals surface area contributed by atoms with Crippen molar-refractivity contribution < 1.29 is 9.90 Å². The number of hydrogen-bond donors (Lipinski definition) is 1. The molecular formula is C20H28N2O2. The minimum absolute atomic E-state index is 0.146. The number of hydrogen-bond acceptors (Lipinski definition) is 3. The maximum atomic E-state index is 13.0. The molecule has 4 nitrogen and oxygen atoms in total. The molecule has 4 rings (SSSR count). The summed E-state index contributed by atoms with van der Waals surface area (Å²) in [6.45, 7) is 2.74. The smallest absolute Gasteiger partial charge is 0.230 e. The molecule has 1 aliphatic carbocycles. The van der Waals surface area contributed by atoms with Gasteiger partial charge in [-0.15, -0.1) is 0 Å². The molecule has 0 bridgehead atoms. The predicted octanol–water partition coefficient (Wildman–Crippen LogP) is 2.59. The van der Waals surface area contributed by atoms with Crippen LogP contribution in [0.25, 0.3) is 0 Å². The fourth-order valence-electron chi connectivity index (χ4n) is 4.78. The normalized spacial score (nSPS) is 28.8. The first kappa shape index (κ1) is 16.1. The van der Waals surface area contributed by atoms with E-state index in [9.17, 15) is 9.90 Å². The molecule has 130 valence electrons. The molecule has 1 saturated heterocycles. The molecule has 1 N–H and O–H groups in total. The molecule has 0 aromatic heterocycles. The van der Waals surface area contributed by atoms with Gasteiger partial charge >= 0.3 is 0 Å². The first-order valence-corrected chi connectivity index (χ1v) is 9.55. The number of benzene rings is 1. The van der Waals surface area contributed by atoms with Crippen molar-refractivity contribution in [3.05, 3.63) is 29.8 Å². The number of anilines is 1. The van der Waals surface area contributed by atoms with Gasteiger partial charge in [-0.05, 0) is 56.8 Å². The second-order valence-electron chi connectivity index (χ2n) is 7.60. The molecule has 2 atom stereocenters. The minimum Gasteiger partial charge on any atom is -0.391 e. The molecule has 1 saturated carbocycles. The van der Waals surface area contributed by atoms with E-state index < -0.39 is 0 Å². The maximum Gasteiger partial charge on any atom is 0.230 e. The number of rotatable bonds is 2. The Morgan fingerprint density at radius 1 is 1.00 bits per heavy atom. The number of aliphatic hydroxyl groups is 1.